The molecule has 0 amide bonds. The Balaban J connectivity index is 3.37. The van der Waals surface area contributed by atoms with Crippen molar-refractivity contribution in [1.82, 2.24) is 5.32 Å². The smallest absolute Gasteiger partial charge is 0.0603 e. The van der Waals surface area contributed by atoms with E-state index in [1.54, 1.807) is 0 Å². The number of rotatable bonds is 8. The van der Waals surface area contributed by atoms with Crippen molar-refractivity contribution in [3.63, 3.8) is 0 Å². The van der Waals surface area contributed by atoms with Crippen LogP contribution >= 0.6 is 0 Å². The molecule has 0 rings (SSSR count). The number of hydrogen-bond acceptors (Lipinski definition) is 2. The molecule has 1 atom stereocenters. The fourth-order valence-corrected chi connectivity index (χ4v) is 1.56. The quantitative estimate of drug-likeness (QED) is 0.652. The lowest BCUT2D eigenvalue weighted by Gasteiger charge is -2.20. The van der Waals surface area contributed by atoms with E-state index in [2.05, 4.69) is 26.1 Å². The Bertz CT molecular complexity index is 149. The lowest BCUT2D eigenvalue weighted by atomic mass is 10.0. The molecule has 0 aliphatic carbocycles. The van der Waals surface area contributed by atoms with E-state index in [1.165, 1.54) is 19.3 Å². The van der Waals surface area contributed by atoms with Crippen molar-refractivity contribution >= 4 is 0 Å². The molecule has 15 heavy (non-hydrogen) atoms. The van der Waals surface area contributed by atoms with Gasteiger partial charge in [-0.05, 0) is 46.1 Å². The van der Waals surface area contributed by atoms with Gasteiger partial charge in [0.2, 0.25) is 0 Å². The molecule has 0 aromatic carbocycles. The highest BCUT2D eigenvalue weighted by molar-refractivity contribution is 4.69. The molecule has 2 heteroatoms. The lowest BCUT2D eigenvalue weighted by Crippen LogP contribution is -2.32. The summed E-state index contributed by atoms with van der Waals surface area (Å²) < 4.78 is 0. The molecule has 92 valence electrons. The van der Waals surface area contributed by atoms with Crippen LogP contribution in [0.15, 0.2) is 0 Å². The van der Waals surface area contributed by atoms with Crippen LogP contribution in [0.5, 0.6) is 0 Å². The SMILES string of the molecule is CC(C)CCCC(C)NCCC(C)(C)O. The Hall–Kier alpha value is -0.0800. The minimum atomic E-state index is -0.537. The summed E-state index contributed by atoms with van der Waals surface area (Å²) in [6.45, 7) is 11.4. The fourth-order valence-electron chi connectivity index (χ4n) is 1.56. The van der Waals surface area contributed by atoms with Crippen molar-refractivity contribution in [2.75, 3.05) is 6.54 Å². The van der Waals surface area contributed by atoms with Gasteiger partial charge in [0.25, 0.3) is 0 Å². The highest BCUT2D eigenvalue weighted by atomic mass is 16.3. The molecule has 0 saturated heterocycles. The molecule has 0 heterocycles. The highest BCUT2D eigenvalue weighted by Crippen LogP contribution is 2.09. The normalized spacial score (nSPS) is 14.6. The molecule has 2 nitrogen and oxygen atoms in total. The summed E-state index contributed by atoms with van der Waals surface area (Å²) in [5, 5.41) is 13.0. The van der Waals surface area contributed by atoms with Crippen LogP contribution in [0.2, 0.25) is 0 Å². The molecule has 2 N–H and O–H groups in total. The zero-order valence-electron chi connectivity index (χ0n) is 11.1. The first-order valence-electron chi connectivity index (χ1n) is 6.27. The molecule has 0 fully saturated rings. The van der Waals surface area contributed by atoms with Gasteiger partial charge in [-0.2, -0.15) is 0 Å². The summed E-state index contributed by atoms with van der Waals surface area (Å²) in [5.41, 5.74) is -0.537. The Morgan fingerprint density at radius 2 is 1.73 bits per heavy atom. The zero-order chi connectivity index (χ0) is 11.9. The van der Waals surface area contributed by atoms with Crippen molar-refractivity contribution in [2.24, 2.45) is 5.92 Å². The van der Waals surface area contributed by atoms with Gasteiger partial charge < -0.3 is 10.4 Å². The van der Waals surface area contributed by atoms with E-state index in [1.807, 2.05) is 13.8 Å². The summed E-state index contributed by atoms with van der Waals surface area (Å²) in [6, 6.07) is 0.575. The second-order valence-corrected chi connectivity index (χ2v) is 5.74. The molecular formula is C13H29NO. The van der Waals surface area contributed by atoms with E-state index in [0.29, 0.717) is 6.04 Å². The number of aliphatic hydroxyl groups is 1. The maximum atomic E-state index is 9.54. The molecule has 0 spiro atoms. The van der Waals surface area contributed by atoms with Gasteiger partial charge in [-0.15, -0.1) is 0 Å². The van der Waals surface area contributed by atoms with Gasteiger partial charge >= 0.3 is 0 Å². The van der Waals surface area contributed by atoms with Crippen molar-refractivity contribution in [3.8, 4) is 0 Å². The van der Waals surface area contributed by atoms with Crippen LogP contribution in [0.25, 0.3) is 0 Å². The monoisotopic (exact) mass is 215 g/mol. The molecule has 0 radical (unpaired) electrons. The Labute approximate surface area is 95.5 Å². The van der Waals surface area contributed by atoms with E-state index >= 15 is 0 Å². The third-order valence-electron chi connectivity index (χ3n) is 2.65. The largest absolute Gasteiger partial charge is 0.390 e. The van der Waals surface area contributed by atoms with E-state index in [0.717, 1.165) is 18.9 Å². The van der Waals surface area contributed by atoms with Gasteiger partial charge in [-0.25, -0.2) is 0 Å². The van der Waals surface area contributed by atoms with Crippen molar-refractivity contribution < 1.29 is 5.11 Å². The molecule has 0 bridgehead atoms. The summed E-state index contributed by atoms with van der Waals surface area (Å²) in [5.74, 6) is 0.813. The van der Waals surface area contributed by atoms with Crippen LogP contribution < -0.4 is 5.32 Å². The van der Waals surface area contributed by atoms with E-state index < -0.39 is 5.60 Å². The van der Waals surface area contributed by atoms with Crippen LogP contribution in [0.1, 0.15) is 60.3 Å². The maximum Gasteiger partial charge on any atom is 0.0603 e. The first kappa shape index (κ1) is 14.9. The average Bonchev–Trinajstić information content (AvgIpc) is 2.00. The Morgan fingerprint density at radius 3 is 2.20 bits per heavy atom. The zero-order valence-corrected chi connectivity index (χ0v) is 11.1. The van der Waals surface area contributed by atoms with E-state index in [-0.39, 0.29) is 0 Å². The van der Waals surface area contributed by atoms with E-state index in [4.69, 9.17) is 0 Å². The number of nitrogens with one attached hydrogen (secondary N) is 1. The van der Waals surface area contributed by atoms with Gasteiger partial charge in [-0.3, -0.25) is 0 Å². The van der Waals surface area contributed by atoms with Crippen LogP contribution in [-0.4, -0.2) is 23.3 Å². The van der Waals surface area contributed by atoms with Crippen molar-refractivity contribution in [3.05, 3.63) is 0 Å². The second kappa shape index (κ2) is 7.24. The minimum absolute atomic E-state index is 0.537. The molecule has 0 saturated carbocycles. The molecule has 0 aromatic rings. The van der Waals surface area contributed by atoms with Crippen molar-refractivity contribution in [2.45, 2.75) is 71.9 Å². The summed E-state index contributed by atoms with van der Waals surface area (Å²) in [6.07, 6.45) is 4.68. The van der Waals surface area contributed by atoms with Gasteiger partial charge in [-0.1, -0.05) is 26.7 Å². The summed E-state index contributed by atoms with van der Waals surface area (Å²) in [4.78, 5) is 0. The standard InChI is InChI=1S/C13H29NO/c1-11(2)7-6-8-12(3)14-10-9-13(4,5)15/h11-12,14-15H,6-10H2,1-5H3. The molecule has 0 aliphatic heterocycles. The maximum absolute atomic E-state index is 9.54. The molecule has 1 unspecified atom stereocenters. The Kier molecular flexibility index (Phi) is 7.20. The lowest BCUT2D eigenvalue weighted by molar-refractivity contribution is 0.0704. The minimum Gasteiger partial charge on any atom is -0.390 e. The third-order valence-corrected chi connectivity index (χ3v) is 2.65. The van der Waals surface area contributed by atoms with Gasteiger partial charge in [0.1, 0.15) is 0 Å². The first-order valence-corrected chi connectivity index (χ1v) is 6.27. The Morgan fingerprint density at radius 1 is 1.13 bits per heavy atom. The molecule has 0 aliphatic rings. The van der Waals surface area contributed by atoms with Crippen LogP contribution in [0.3, 0.4) is 0 Å². The molecule has 0 aromatic heterocycles. The van der Waals surface area contributed by atoms with Crippen LogP contribution in [-0.2, 0) is 0 Å². The molecular weight excluding hydrogens is 186 g/mol. The average molecular weight is 215 g/mol. The van der Waals surface area contributed by atoms with Gasteiger partial charge in [0, 0.05) is 6.04 Å². The van der Waals surface area contributed by atoms with Crippen molar-refractivity contribution in [1.29, 1.82) is 0 Å². The van der Waals surface area contributed by atoms with Gasteiger partial charge in [0.15, 0.2) is 0 Å². The van der Waals surface area contributed by atoms with Crippen LogP contribution in [0.4, 0.5) is 0 Å². The van der Waals surface area contributed by atoms with Crippen LogP contribution in [0, 0.1) is 5.92 Å². The first-order chi connectivity index (χ1) is 6.81. The highest BCUT2D eigenvalue weighted by Gasteiger charge is 2.12. The fraction of sp³-hybridized carbons (Fsp3) is 1.00. The van der Waals surface area contributed by atoms with E-state index in [9.17, 15) is 5.11 Å². The van der Waals surface area contributed by atoms with Gasteiger partial charge in [0.05, 0.1) is 5.60 Å². The topological polar surface area (TPSA) is 32.3 Å². The summed E-state index contributed by atoms with van der Waals surface area (Å²) in [7, 11) is 0. The summed E-state index contributed by atoms with van der Waals surface area (Å²) >= 11 is 0. The predicted octanol–water partition coefficient (Wildman–Crippen LogP) is 2.95. The number of hydrogen-bond donors (Lipinski definition) is 2. The predicted molar refractivity (Wildman–Crippen MR) is 67.1 cm³/mol. The third kappa shape index (κ3) is 11.8. The second-order valence-electron chi connectivity index (χ2n) is 5.74.